The molecule has 0 spiro atoms. The van der Waals surface area contributed by atoms with E-state index in [4.69, 9.17) is 0 Å². The van der Waals surface area contributed by atoms with Crippen LogP contribution in [0.2, 0.25) is 0 Å². The van der Waals surface area contributed by atoms with Crippen LogP contribution in [0.3, 0.4) is 0 Å². The number of hydrogen-bond acceptors (Lipinski definition) is 1. The first-order valence-electron chi connectivity index (χ1n) is 5.31. The van der Waals surface area contributed by atoms with Gasteiger partial charge in [0.15, 0.2) is 5.78 Å². The second-order valence-corrected chi connectivity index (χ2v) is 3.93. The van der Waals surface area contributed by atoms with Crippen LogP contribution in [0.4, 0.5) is 0 Å². The van der Waals surface area contributed by atoms with E-state index in [1.807, 2.05) is 54.6 Å². The summed E-state index contributed by atoms with van der Waals surface area (Å²) in [5.74, 6) is 0.0225. The lowest BCUT2D eigenvalue weighted by Gasteiger charge is -2.00. The van der Waals surface area contributed by atoms with Crippen LogP contribution in [0.25, 0.3) is 10.9 Å². The van der Waals surface area contributed by atoms with Crippen molar-refractivity contribution in [3.05, 3.63) is 60.3 Å². The second-order valence-electron chi connectivity index (χ2n) is 3.93. The lowest BCUT2D eigenvalue weighted by molar-refractivity contribution is 0.0962. The van der Waals surface area contributed by atoms with Crippen molar-refractivity contribution in [3.8, 4) is 0 Å². The Morgan fingerprint density at radius 2 is 1.88 bits per heavy atom. The fourth-order valence-corrected chi connectivity index (χ4v) is 1.99. The molecule has 2 heteroatoms. The molecular formula is C14H11NO. The molecule has 1 heterocycles. The molecule has 0 unspecified atom stereocenters. The average Bonchev–Trinajstić information content (AvgIpc) is 2.97. The van der Waals surface area contributed by atoms with E-state index in [0.29, 0.717) is 5.69 Å². The van der Waals surface area contributed by atoms with Gasteiger partial charge in [-0.25, -0.2) is 0 Å². The molecule has 0 atom stereocenters. The van der Waals surface area contributed by atoms with Gasteiger partial charge in [-0.1, -0.05) is 42.5 Å². The molecule has 0 amide bonds. The van der Waals surface area contributed by atoms with Gasteiger partial charge in [0.2, 0.25) is 0 Å². The number of fused-ring (bicyclic) bond motifs is 1. The Kier molecular flexibility index (Phi) is 2.00. The van der Waals surface area contributed by atoms with Gasteiger partial charge in [0, 0.05) is 10.9 Å². The van der Waals surface area contributed by atoms with Gasteiger partial charge in [-0.3, -0.25) is 4.79 Å². The van der Waals surface area contributed by atoms with Crippen LogP contribution in [0.5, 0.6) is 0 Å². The number of nitrogens with one attached hydrogen (secondary N) is 1. The molecule has 1 aliphatic rings. The summed E-state index contributed by atoms with van der Waals surface area (Å²) >= 11 is 0. The van der Waals surface area contributed by atoms with E-state index in [0.717, 1.165) is 10.9 Å². The highest BCUT2D eigenvalue weighted by Crippen LogP contribution is 2.20. The molecule has 16 heavy (non-hydrogen) atoms. The molecule has 0 radical (unpaired) electrons. The topological polar surface area (TPSA) is 32.9 Å². The van der Waals surface area contributed by atoms with Crippen molar-refractivity contribution in [3.63, 3.8) is 0 Å². The van der Waals surface area contributed by atoms with Crippen LogP contribution < -0.4 is 0 Å². The lowest BCUT2D eigenvalue weighted by Crippen LogP contribution is -2.08. The van der Waals surface area contributed by atoms with Crippen LogP contribution in [0.1, 0.15) is 10.5 Å². The smallest absolute Gasteiger partial charge is 0.189 e. The van der Waals surface area contributed by atoms with Gasteiger partial charge in [0.05, 0.1) is 11.6 Å². The largest absolute Gasteiger partial charge is 0.352 e. The molecular weight excluding hydrogens is 198 g/mol. The fourth-order valence-electron chi connectivity index (χ4n) is 1.99. The van der Waals surface area contributed by atoms with Crippen molar-refractivity contribution in [1.82, 2.24) is 4.98 Å². The Hall–Kier alpha value is -2.09. The van der Waals surface area contributed by atoms with Crippen molar-refractivity contribution in [2.75, 3.05) is 0 Å². The van der Waals surface area contributed by atoms with Crippen molar-refractivity contribution in [1.29, 1.82) is 0 Å². The molecule has 0 bridgehead atoms. The van der Waals surface area contributed by atoms with Gasteiger partial charge in [0.1, 0.15) is 0 Å². The van der Waals surface area contributed by atoms with Crippen LogP contribution in [-0.4, -0.2) is 10.8 Å². The average molecular weight is 209 g/mol. The number of allylic oxidation sites excluding steroid dienone is 4. The summed E-state index contributed by atoms with van der Waals surface area (Å²) in [7, 11) is 0. The molecule has 1 aromatic carbocycles. The molecule has 78 valence electrons. The molecule has 1 aliphatic carbocycles. The first-order valence-corrected chi connectivity index (χ1v) is 5.31. The number of Topliss-reactive ketones (excluding diaryl/α,β-unsaturated/α-hetero) is 1. The molecule has 1 N–H and O–H groups in total. The summed E-state index contributed by atoms with van der Waals surface area (Å²) in [5, 5.41) is 1.08. The monoisotopic (exact) mass is 209 g/mol. The van der Waals surface area contributed by atoms with Crippen LogP contribution >= 0.6 is 0 Å². The SMILES string of the molecule is O=C(c1cc2ccccc2[nH]1)C1C=CC=C1. The molecule has 0 saturated heterocycles. The van der Waals surface area contributed by atoms with Gasteiger partial charge in [-0.2, -0.15) is 0 Å². The van der Waals surface area contributed by atoms with Gasteiger partial charge in [-0.15, -0.1) is 0 Å². The van der Waals surface area contributed by atoms with Crippen LogP contribution in [-0.2, 0) is 0 Å². The highest BCUT2D eigenvalue weighted by atomic mass is 16.1. The first kappa shape index (κ1) is 9.16. The Morgan fingerprint density at radius 3 is 2.62 bits per heavy atom. The molecule has 0 aliphatic heterocycles. The first-order chi connectivity index (χ1) is 7.84. The number of H-pyrrole nitrogens is 1. The maximum absolute atomic E-state index is 12.1. The maximum Gasteiger partial charge on any atom is 0.189 e. The molecule has 2 aromatic rings. The summed E-state index contributed by atoms with van der Waals surface area (Å²) in [6.07, 6.45) is 7.64. The third-order valence-electron chi connectivity index (χ3n) is 2.85. The van der Waals surface area contributed by atoms with Gasteiger partial charge >= 0.3 is 0 Å². The normalized spacial score (nSPS) is 15.0. The zero-order chi connectivity index (χ0) is 11.0. The van der Waals surface area contributed by atoms with Gasteiger partial charge in [0.25, 0.3) is 0 Å². The van der Waals surface area contributed by atoms with E-state index in [2.05, 4.69) is 4.98 Å². The number of aromatic nitrogens is 1. The Labute approximate surface area is 93.3 Å². The Bertz CT molecular complexity index is 559. The number of carbonyl (C=O) groups is 1. The van der Waals surface area contributed by atoms with Crippen LogP contribution in [0.15, 0.2) is 54.6 Å². The van der Waals surface area contributed by atoms with Gasteiger partial charge in [-0.05, 0) is 12.1 Å². The molecule has 3 rings (SSSR count). The zero-order valence-corrected chi connectivity index (χ0v) is 8.68. The fraction of sp³-hybridized carbons (Fsp3) is 0.0714. The van der Waals surface area contributed by atoms with Crippen molar-refractivity contribution < 1.29 is 4.79 Å². The number of para-hydroxylation sites is 1. The summed E-state index contributed by atoms with van der Waals surface area (Å²) in [6.45, 7) is 0. The number of carbonyl (C=O) groups excluding carboxylic acids is 1. The Balaban J connectivity index is 2.02. The van der Waals surface area contributed by atoms with Crippen molar-refractivity contribution >= 4 is 16.7 Å². The lowest BCUT2D eigenvalue weighted by atomic mass is 10.0. The predicted molar refractivity (Wildman–Crippen MR) is 64.4 cm³/mol. The number of rotatable bonds is 2. The van der Waals surface area contributed by atoms with E-state index in [1.54, 1.807) is 0 Å². The number of hydrogen-bond donors (Lipinski definition) is 1. The summed E-state index contributed by atoms with van der Waals surface area (Å²) in [4.78, 5) is 15.2. The zero-order valence-electron chi connectivity index (χ0n) is 8.68. The van der Waals surface area contributed by atoms with E-state index in [9.17, 15) is 4.79 Å². The quantitative estimate of drug-likeness (QED) is 0.757. The second kappa shape index (κ2) is 3.49. The van der Waals surface area contributed by atoms with E-state index in [-0.39, 0.29) is 11.7 Å². The molecule has 1 aromatic heterocycles. The molecule has 0 fully saturated rings. The third-order valence-corrected chi connectivity index (χ3v) is 2.85. The van der Waals surface area contributed by atoms with Crippen molar-refractivity contribution in [2.24, 2.45) is 5.92 Å². The Morgan fingerprint density at radius 1 is 1.12 bits per heavy atom. The summed E-state index contributed by atoms with van der Waals surface area (Å²) < 4.78 is 0. The van der Waals surface area contributed by atoms with Crippen LogP contribution in [0, 0.1) is 5.92 Å². The minimum atomic E-state index is -0.104. The van der Waals surface area contributed by atoms with Gasteiger partial charge < -0.3 is 4.98 Å². The molecule has 0 saturated carbocycles. The molecule has 2 nitrogen and oxygen atoms in total. The summed E-state index contributed by atoms with van der Waals surface area (Å²) in [6, 6.07) is 9.83. The minimum Gasteiger partial charge on any atom is -0.352 e. The minimum absolute atomic E-state index is 0.104. The highest BCUT2D eigenvalue weighted by molar-refractivity contribution is 6.02. The van der Waals surface area contributed by atoms with Crippen molar-refractivity contribution in [2.45, 2.75) is 0 Å². The standard InChI is InChI=1S/C14H11NO/c16-14(10-5-1-2-6-10)13-9-11-7-3-4-8-12(11)15-13/h1-10,15H. The number of aromatic amines is 1. The summed E-state index contributed by atoms with van der Waals surface area (Å²) in [5.41, 5.74) is 1.69. The van der Waals surface area contributed by atoms with E-state index in [1.165, 1.54) is 0 Å². The third kappa shape index (κ3) is 1.39. The van der Waals surface area contributed by atoms with E-state index < -0.39 is 0 Å². The predicted octanol–water partition coefficient (Wildman–Crippen LogP) is 3.09. The number of benzene rings is 1. The van der Waals surface area contributed by atoms with E-state index >= 15 is 0 Å². The maximum atomic E-state index is 12.1. The highest BCUT2D eigenvalue weighted by Gasteiger charge is 2.17. The number of ketones is 1.